The van der Waals surface area contributed by atoms with E-state index in [0.717, 1.165) is 54.0 Å². The van der Waals surface area contributed by atoms with Gasteiger partial charge in [-0.1, -0.05) is 48.8 Å². The summed E-state index contributed by atoms with van der Waals surface area (Å²) in [6, 6.07) is 10.7. The number of aromatic nitrogens is 4. The van der Waals surface area contributed by atoms with E-state index in [1.807, 2.05) is 10.7 Å². The fourth-order valence-electron chi connectivity index (χ4n) is 5.09. The van der Waals surface area contributed by atoms with Crippen LogP contribution in [0.25, 0.3) is 5.13 Å². The Bertz CT molecular complexity index is 1120. The lowest BCUT2D eigenvalue weighted by Crippen LogP contribution is -2.46. The first-order chi connectivity index (χ1) is 17.1. The zero-order valence-corrected chi connectivity index (χ0v) is 21.4. The smallest absolute Gasteiger partial charge is 0.234 e. The molecule has 3 aromatic rings. The van der Waals surface area contributed by atoms with E-state index >= 15 is 0 Å². The van der Waals surface area contributed by atoms with E-state index in [9.17, 15) is 4.79 Å². The molecule has 35 heavy (non-hydrogen) atoms. The van der Waals surface area contributed by atoms with Crippen LogP contribution >= 0.6 is 11.3 Å². The van der Waals surface area contributed by atoms with Crippen LogP contribution in [0.1, 0.15) is 56.7 Å². The second-order valence-corrected chi connectivity index (χ2v) is 10.9. The first-order valence-electron chi connectivity index (χ1n) is 12.8. The molecule has 5 rings (SSSR count). The van der Waals surface area contributed by atoms with Crippen molar-refractivity contribution in [3.63, 3.8) is 0 Å². The molecular weight excluding hydrogens is 458 g/mol. The summed E-state index contributed by atoms with van der Waals surface area (Å²) >= 11 is 1.55. The van der Waals surface area contributed by atoms with Gasteiger partial charge in [-0.2, -0.15) is 5.10 Å². The van der Waals surface area contributed by atoms with Gasteiger partial charge in [0.15, 0.2) is 0 Å². The SMILES string of the molecule is Cc1ccc(NCc2ccnn2-c2nnc(N3CCC(C(=O)NC4CCCCC4C)CC3)s2)cc1. The van der Waals surface area contributed by atoms with Crippen LogP contribution in [0, 0.1) is 18.8 Å². The standard InChI is InChI=1S/C26H35N7OS/c1-18-7-9-21(10-8-18)27-17-22-11-14-28-33(22)26-31-30-25(35-26)32-15-12-20(13-16-32)24(34)29-23-6-4-3-5-19(23)2/h7-11,14,19-20,23,27H,3-6,12-13,15-17H2,1-2H3,(H,29,34). The maximum atomic E-state index is 12.9. The number of carbonyl (C=O) groups excluding carboxylic acids is 1. The highest BCUT2D eigenvalue weighted by atomic mass is 32.1. The molecule has 0 radical (unpaired) electrons. The molecule has 2 atom stereocenters. The Morgan fingerprint density at radius 1 is 1.03 bits per heavy atom. The van der Waals surface area contributed by atoms with E-state index in [0.29, 0.717) is 18.5 Å². The molecule has 0 bridgehead atoms. The number of hydrogen-bond acceptors (Lipinski definition) is 7. The van der Waals surface area contributed by atoms with E-state index in [1.54, 1.807) is 17.5 Å². The zero-order valence-electron chi connectivity index (χ0n) is 20.6. The highest BCUT2D eigenvalue weighted by Gasteiger charge is 2.30. The van der Waals surface area contributed by atoms with E-state index in [1.165, 1.54) is 24.8 Å². The number of carbonyl (C=O) groups is 1. The Hall–Kier alpha value is -2.94. The van der Waals surface area contributed by atoms with Crippen LogP contribution in [-0.2, 0) is 11.3 Å². The number of rotatable bonds is 7. The van der Waals surface area contributed by atoms with Crippen LogP contribution < -0.4 is 15.5 Å². The lowest BCUT2D eigenvalue weighted by atomic mass is 9.85. The van der Waals surface area contributed by atoms with Crippen molar-refractivity contribution in [2.45, 2.75) is 65.0 Å². The highest BCUT2D eigenvalue weighted by molar-refractivity contribution is 7.17. The Labute approximate surface area is 211 Å². The third-order valence-corrected chi connectivity index (χ3v) is 8.37. The molecule has 2 aromatic heterocycles. The number of piperidine rings is 1. The van der Waals surface area contributed by atoms with Gasteiger partial charge in [-0.3, -0.25) is 4.79 Å². The summed E-state index contributed by atoms with van der Waals surface area (Å²) in [4.78, 5) is 15.1. The van der Waals surface area contributed by atoms with Crippen molar-refractivity contribution in [2.24, 2.45) is 11.8 Å². The molecule has 1 saturated carbocycles. The number of nitrogens with zero attached hydrogens (tertiary/aromatic N) is 5. The minimum absolute atomic E-state index is 0.0957. The monoisotopic (exact) mass is 493 g/mol. The molecule has 2 fully saturated rings. The Balaban J connectivity index is 1.15. The minimum atomic E-state index is 0.0957. The predicted molar refractivity (Wildman–Crippen MR) is 140 cm³/mol. The van der Waals surface area contributed by atoms with E-state index in [-0.39, 0.29) is 11.8 Å². The molecule has 2 N–H and O–H groups in total. The Morgan fingerprint density at radius 3 is 2.54 bits per heavy atom. The number of anilines is 2. The van der Waals surface area contributed by atoms with Crippen molar-refractivity contribution in [1.29, 1.82) is 0 Å². The fourth-order valence-corrected chi connectivity index (χ4v) is 5.98. The molecule has 1 aliphatic carbocycles. The number of benzene rings is 1. The van der Waals surface area contributed by atoms with Gasteiger partial charge in [0.2, 0.25) is 16.2 Å². The van der Waals surface area contributed by atoms with Crippen molar-refractivity contribution in [1.82, 2.24) is 25.3 Å². The summed E-state index contributed by atoms with van der Waals surface area (Å²) in [6.07, 6.45) is 8.37. The van der Waals surface area contributed by atoms with Crippen LogP contribution in [-0.4, -0.2) is 45.0 Å². The maximum absolute atomic E-state index is 12.9. The molecule has 1 aliphatic heterocycles. The van der Waals surface area contributed by atoms with Gasteiger partial charge in [-0.25, -0.2) is 4.68 Å². The molecule has 1 aromatic carbocycles. The average molecular weight is 494 g/mol. The molecule has 2 unspecified atom stereocenters. The van der Waals surface area contributed by atoms with Gasteiger partial charge in [0.25, 0.3) is 0 Å². The van der Waals surface area contributed by atoms with Crippen molar-refractivity contribution in [3.8, 4) is 5.13 Å². The quantitative estimate of drug-likeness (QED) is 0.502. The number of nitrogens with one attached hydrogen (secondary N) is 2. The van der Waals surface area contributed by atoms with E-state index < -0.39 is 0 Å². The largest absolute Gasteiger partial charge is 0.379 e. The zero-order chi connectivity index (χ0) is 24.2. The van der Waals surface area contributed by atoms with Gasteiger partial charge in [0.05, 0.1) is 12.2 Å². The van der Waals surface area contributed by atoms with Crippen molar-refractivity contribution >= 4 is 28.1 Å². The molecule has 1 amide bonds. The molecule has 186 valence electrons. The summed E-state index contributed by atoms with van der Waals surface area (Å²) in [5.74, 6) is 0.925. The van der Waals surface area contributed by atoms with E-state index in [4.69, 9.17) is 0 Å². The summed E-state index contributed by atoms with van der Waals surface area (Å²) in [5.41, 5.74) is 3.34. The normalized spacial score (nSPS) is 21.1. The van der Waals surface area contributed by atoms with Crippen LogP contribution in [0.3, 0.4) is 0 Å². The molecule has 1 saturated heterocycles. The summed E-state index contributed by atoms with van der Waals surface area (Å²) < 4.78 is 1.86. The summed E-state index contributed by atoms with van der Waals surface area (Å²) in [5, 5.41) is 21.8. The summed E-state index contributed by atoms with van der Waals surface area (Å²) in [7, 11) is 0. The molecule has 9 heteroatoms. The fraction of sp³-hybridized carbons (Fsp3) is 0.538. The van der Waals surface area contributed by atoms with Crippen molar-refractivity contribution < 1.29 is 4.79 Å². The lowest BCUT2D eigenvalue weighted by molar-refractivity contribution is -0.126. The Kier molecular flexibility index (Phi) is 7.32. The van der Waals surface area contributed by atoms with Crippen LogP contribution in [0.4, 0.5) is 10.8 Å². The third-order valence-electron chi connectivity index (χ3n) is 7.41. The van der Waals surface area contributed by atoms with Gasteiger partial charge in [0, 0.05) is 36.9 Å². The van der Waals surface area contributed by atoms with Crippen molar-refractivity contribution in [2.75, 3.05) is 23.3 Å². The first kappa shape index (κ1) is 23.8. The summed E-state index contributed by atoms with van der Waals surface area (Å²) in [6.45, 7) is 6.66. The van der Waals surface area contributed by atoms with Gasteiger partial charge in [0.1, 0.15) is 0 Å². The van der Waals surface area contributed by atoms with Crippen molar-refractivity contribution in [3.05, 3.63) is 47.8 Å². The predicted octanol–water partition coefficient (Wildman–Crippen LogP) is 4.56. The average Bonchev–Trinajstić information content (AvgIpc) is 3.55. The van der Waals surface area contributed by atoms with Gasteiger partial charge in [-0.05, 0) is 56.7 Å². The molecule has 3 heterocycles. The number of amides is 1. The van der Waals surface area contributed by atoms with Crippen LogP contribution in [0.2, 0.25) is 0 Å². The number of aryl methyl sites for hydroxylation is 1. The van der Waals surface area contributed by atoms with Gasteiger partial charge < -0.3 is 15.5 Å². The maximum Gasteiger partial charge on any atom is 0.234 e. The number of hydrogen-bond donors (Lipinski definition) is 2. The molecule has 2 aliphatic rings. The Morgan fingerprint density at radius 2 is 1.77 bits per heavy atom. The third kappa shape index (κ3) is 5.66. The first-order valence-corrected chi connectivity index (χ1v) is 13.6. The molecule has 0 spiro atoms. The second-order valence-electron chi connectivity index (χ2n) is 9.96. The lowest BCUT2D eigenvalue weighted by Gasteiger charge is -2.34. The minimum Gasteiger partial charge on any atom is -0.379 e. The van der Waals surface area contributed by atoms with Crippen LogP contribution in [0.15, 0.2) is 36.5 Å². The van der Waals surface area contributed by atoms with E-state index in [2.05, 4.69) is 68.9 Å². The molecular formula is C26H35N7OS. The van der Waals surface area contributed by atoms with Gasteiger partial charge in [-0.15, -0.1) is 10.2 Å². The highest BCUT2D eigenvalue weighted by Crippen LogP contribution is 2.29. The second kappa shape index (κ2) is 10.8. The van der Waals surface area contributed by atoms with Gasteiger partial charge >= 0.3 is 0 Å². The molecule has 8 nitrogen and oxygen atoms in total. The topological polar surface area (TPSA) is 88.0 Å². The van der Waals surface area contributed by atoms with Crippen LogP contribution in [0.5, 0.6) is 0 Å².